The summed E-state index contributed by atoms with van der Waals surface area (Å²) in [6.45, 7) is 0. The highest BCUT2D eigenvalue weighted by molar-refractivity contribution is 6.14. The number of H-pyrrole nitrogens is 1. The highest BCUT2D eigenvalue weighted by Crippen LogP contribution is 2.26. The molecule has 4 aromatic rings. The van der Waals surface area contributed by atoms with Crippen molar-refractivity contribution in [2.24, 2.45) is 0 Å². The monoisotopic (exact) mass is 270 g/mol. The van der Waals surface area contributed by atoms with Crippen molar-refractivity contribution < 1.29 is 4.79 Å². The van der Waals surface area contributed by atoms with Crippen LogP contribution in [0.4, 0.5) is 0 Å². The number of benzene rings is 3. The first-order valence-electron chi connectivity index (χ1n) is 6.84. The molecule has 0 bridgehead atoms. The standard InChI is InChI=1S/C19H12NO/c21-19(13-6-2-1-3-7-13)14-10-11-18-16(12-14)15-8-4-5-9-17(15)20-18/h1-3,5-12,20H. The van der Waals surface area contributed by atoms with Gasteiger partial charge in [0.25, 0.3) is 0 Å². The highest BCUT2D eigenvalue weighted by atomic mass is 16.1. The number of aromatic nitrogens is 1. The zero-order valence-corrected chi connectivity index (χ0v) is 11.3. The number of carbonyl (C=O) groups excluding carboxylic acids is 1. The number of nitrogens with one attached hydrogen (secondary N) is 1. The van der Waals surface area contributed by atoms with E-state index in [-0.39, 0.29) is 5.78 Å². The lowest BCUT2D eigenvalue weighted by atomic mass is 10.0. The maximum atomic E-state index is 12.5. The molecule has 0 aliphatic heterocycles. The number of carbonyl (C=O) groups is 1. The van der Waals surface area contributed by atoms with Crippen LogP contribution in [0.3, 0.4) is 0 Å². The van der Waals surface area contributed by atoms with Crippen LogP contribution in [0.1, 0.15) is 15.9 Å². The summed E-state index contributed by atoms with van der Waals surface area (Å²) in [6.07, 6.45) is 0. The zero-order chi connectivity index (χ0) is 14.2. The predicted octanol–water partition coefficient (Wildman–Crippen LogP) is 4.35. The number of hydrogen-bond acceptors (Lipinski definition) is 1. The molecule has 0 aliphatic rings. The van der Waals surface area contributed by atoms with E-state index in [0.717, 1.165) is 21.8 Å². The largest absolute Gasteiger partial charge is 0.355 e. The SMILES string of the molecule is O=C(c1ccccc1)c1ccc2[nH]c3cc[c]cc3c2c1. The van der Waals surface area contributed by atoms with Crippen LogP contribution in [-0.2, 0) is 0 Å². The fraction of sp³-hybridized carbons (Fsp3) is 0. The molecule has 0 spiro atoms. The van der Waals surface area contributed by atoms with Crippen molar-refractivity contribution in [2.45, 2.75) is 0 Å². The van der Waals surface area contributed by atoms with Gasteiger partial charge < -0.3 is 4.98 Å². The Hall–Kier alpha value is -2.87. The summed E-state index contributed by atoms with van der Waals surface area (Å²) in [7, 11) is 0. The number of hydrogen-bond donors (Lipinski definition) is 1. The predicted molar refractivity (Wildman–Crippen MR) is 84.5 cm³/mol. The van der Waals surface area contributed by atoms with E-state index >= 15 is 0 Å². The summed E-state index contributed by atoms with van der Waals surface area (Å²) in [5, 5.41) is 2.15. The third kappa shape index (κ3) is 1.93. The molecule has 4 rings (SSSR count). The van der Waals surface area contributed by atoms with Gasteiger partial charge in [0.05, 0.1) is 0 Å². The first-order valence-corrected chi connectivity index (χ1v) is 6.84. The van der Waals surface area contributed by atoms with E-state index in [1.165, 1.54) is 0 Å². The second-order valence-corrected chi connectivity index (χ2v) is 5.05. The van der Waals surface area contributed by atoms with E-state index in [9.17, 15) is 4.79 Å². The van der Waals surface area contributed by atoms with Crippen LogP contribution in [0.25, 0.3) is 21.8 Å². The van der Waals surface area contributed by atoms with E-state index in [4.69, 9.17) is 0 Å². The van der Waals surface area contributed by atoms with E-state index in [1.807, 2.05) is 66.7 Å². The molecule has 0 saturated heterocycles. The van der Waals surface area contributed by atoms with Gasteiger partial charge in [-0.25, -0.2) is 0 Å². The van der Waals surface area contributed by atoms with Gasteiger partial charge in [-0.2, -0.15) is 0 Å². The first kappa shape index (κ1) is 11.9. The van der Waals surface area contributed by atoms with E-state index in [1.54, 1.807) is 0 Å². The smallest absolute Gasteiger partial charge is 0.193 e. The molecule has 0 saturated carbocycles. The Morgan fingerprint density at radius 1 is 0.857 bits per heavy atom. The molecule has 0 fully saturated rings. The van der Waals surface area contributed by atoms with Gasteiger partial charge in [0, 0.05) is 32.9 Å². The van der Waals surface area contributed by atoms with Gasteiger partial charge in [-0.1, -0.05) is 36.4 Å². The van der Waals surface area contributed by atoms with Gasteiger partial charge in [-0.15, -0.1) is 0 Å². The second-order valence-electron chi connectivity index (χ2n) is 5.05. The fourth-order valence-electron chi connectivity index (χ4n) is 2.68. The Kier molecular flexibility index (Phi) is 2.61. The van der Waals surface area contributed by atoms with E-state index in [2.05, 4.69) is 11.1 Å². The molecule has 1 N–H and O–H groups in total. The molecule has 3 aromatic carbocycles. The lowest BCUT2D eigenvalue weighted by Gasteiger charge is -2.01. The van der Waals surface area contributed by atoms with Crippen molar-refractivity contribution >= 4 is 27.6 Å². The third-order valence-corrected chi connectivity index (χ3v) is 3.74. The van der Waals surface area contributed by atoms with Crippen LogP contribution in [0.2, 0.25) is 0 Å². The normalized spacial score (nSPS) is 11.0. The Morgan fingerprint density at radius 3 is 2.52 bits per heavy atom. The van der Waals surface area contributed by atoms with Crippen molar-refractivity contribution in [1.29, 1.82) is 0 Å². The molecule has 21 heavy (non-hydrogen) atoms. The Balaban J connectivity index is 1.90. The lowest BCUT2D eigenvalue weighted by Crippen LogP contribution is -2.00. The van der Waals surface area contributed by atoms with Crippen LogP contribution < -0.4 is 0 Å². The molecule has 99 valence electrons. The maximum Gasteiger partial charge on any atom is 0.193 e. The van der Waals surface area contributed by atoms with Crippen molar-refractivity contribution in [2.75, 3.05) is 0 Å². The van der Waals surface area contributed by atoms with Crippen molar-refractivity contribution in [3.8, 4) is 0 Å². The zero-order valence-electron chi connectivity index (χ0n) is 11.3. The van der Waals surface area contributed by atoms with Crippen molar-refractivity contribution in [1.82, 2.24) is 4.98 Å². The summed E-state index contributed by atoms with van der Waals surface area (Å²) in [6, 6.07) is 24.1. The third-order valence-electron chi connectivity index (χ3n) is 3.74. The molecular formula is C19H12NO. The molecule has 0 unspecified atom stereocenters. The van der Waals surface area contributed by atoms with Crippen LogP contribution in [0, 0.1) is 6.07 Å². The van der Waals surface area contributed by atoms with E-state index < -0.39 is 0 Å². The molecule has 1 radical (unpaired) electrons. The van der Waals surface area contributed by atoms with Gasteiger partial charge in [-0.3, -0.25) is 4.79 Å². The highest BCUT2D eigenvalue weighted by Gasteiger charge is 2.11. The summed E-state index contributed by atoms with van der Waals surface area (Å²) in [5.74, 6) is 0.0479. The van der Waals surface area contributed by atoms with Gasteiger partial charge in [0.1, 0.15) is 0 Å². The maximum absolute atomic E-state index is 12.5. The molecule has 1 aromatic heterocycles. The van der Waals surface area contributed by atoms with Gasteiger partial charge in [0.2, 0.25) is 0 Å². The summed E-state index contributed by atoms with van der Waals surface area (Å²) >= 11 is 0. The molecule has 1 heterocycles. The summed E-state index contributed by atoms with van der Waals surface area (Å²) in [4.78, 5) is 15.9. The minimum Gasteiger partial charge on any atom is -0.355 e. The summed E-state index contributed by atoms with van der Waals surface area (Å²) < 4.78 is 0. The minimum absolute atomic E-state index is 0.0479. The summed E-state index contributed by atoms with van der Waals surface area (Å²) in [5.41, 5.74) is 3.52. The number of fused-ring (bicyclic) bond motifs is 3. The minimum atomic E-state index is 0.0479. The molecular weight excluding hydrogens is 258 g/mol. The number of rotatable bonds is 2. The number of aromatic amines is 1. The first-order chi connectivity index (χ1) is 10.3. The van der Waals surface area contributed by atoms with Crippen LogP contribution in [0.5, 0.6) is 0 Å². The molecule has 0 amide bonds. The topological polar surface area (TPSA) is 32.9 Å². The Bertz CT molecular complexity index is 951. The molecule has 2 heteroatoms. The fourth-order valence-corrected chi connectivity index (χ4v) is 2.68. The second kappa shape index (κ2) is 4.60. The van der Waals surface area contributed by atoms with Crippen molar-refractivity contribution in [3.05, 3.63) is 83.9 Å². The van der Waals surface area contributed by atoms with Gasteiger partial charge in [-0.05, 0) is 36.4 Å². The van der Waals surface area contributed by atoms with Gasteiger partial charge in [0.15, 0.2) is 5.78 Å². The Labute approximate surface area is 122 Å². The lowest BCUT2D eigenvalue weighted by molar-refractivity contribution is 0.103. The van der Waals surface area contributed by atoms with Crippen LogP contribution in [0.15, 0.2) is 66.7 Å². The van der Waals surface area contributed by atoms with Crippen LogP contribution in [-0.4, -0.2) is 10.8 Å². The Morgan fingerprint density at radius 2 is 1.67 bits per heavy atom. The molecule has 2 nitrogen and oxygen atoms in total. The average molecular weight is 270 g/mol. The van der Waals surface area contributed by atoms with Crippen molar-refractivity contribution in [3.63, 3.8) is 0 Å². The average Bonchev–Trinajstić information content (AvgIpc) is 2.93. The quantitative estimate of drug-likeness (QED) is 0.540. The van der Waals surface area contributed by atoms with E-state index in [0.29, 0.717) is 11.1 Å². The molecule has 0 atom stereocenters. The number of ketones is 1. The molecule has 0 aliphatic carbocycles. The van der Waals surface area contributed by atoms with Crippen LogP contribution >= 0.6 is 0 Å². The van der Waals surface area contributed by atoms with Gasteiger partial charge >= 0.3 is 0 Å².